The Morgan fingerprint density at radius 1 is 1.23 bits per heavy atom. The third kappa shape index (κ3) is 4.64. The predicted molar refractivity (Wildman–Crippen MR) is 104 cm³/mol. The van der Waals surface area contributed by atoms with E-state index in [9.17, 15) is 9.59 Å². The molecule has 2 N–H and O–H groups in total. The van der Waals surface area contributed by atoms with E-state index in [4.69, 9.17) is 0 Å². The number of carbonyl (C=O) groups excluding carboxylic acids is 2. The maximum atomic E-state index is 12.5. The lowest BCUT2D eigenvalue weighted by molar-refractivity contribution is -0.117. The van der Waals surface area contributed by atoms with Crippen LogP contribution >= 0.6 is 0 Å². The third-order valence-electron chi connectivity index (χ3n) is 5.84. The van der Waals surface area contributed by atoms with Crippen LogP contribution in [0.1, 0.15) is 54.9 Å². The lowest BCUT2D eigenvalue weighted by Crippen LogP contribution is -2.32. The molecule has 0 bridgehead atoms. The van der Waals surface area contributed by atoms with Gasteiger partial charge in [0.15, 0.2) is 0 Å². The molecular formula is C21H31N3O2. The Labute approximate surface area is 156 Å². The van der Waals surface area contributed by atoms with Gasteiger partial charge < -0.3 is 15.5 Å². The number of hydrogen-bond acceptors (Lipinski definition) is 3. The molecule has 0 saturated carbocycles. The zero-order valence-corrected chi connectivity index (χ0v) is 16.0. The van der Waals surface area contributed by atoms with Crippen molar-refractivity contribution in [2.45, 2.75) is 46.0 Å². The van der Waals surface area contributed by atoms with E-state index in [0.717, 1.165) is 63.1 Å². The van der Waals surface area contributed by atoms with Gasteiger partial charge in [0, 0.05) is 30.8 Å². The Bertz CT molecular complexity index is 647. The van der Waals surface area contributed by atoms with Gasteiger partial charge in [-0.1, -0.05) is 6.92 Å². The lowest BCUT2D eigenvalue weighted by Gasteiger charge is -2.28. The molecule has 142 valence electrons. The summed E-state index contributed by atoms with van der Waals surface area (Å²) in [6.07, 6.45) is 5.04. The van der Waals surface area contributed by atoms with Crippen molar-refractivity contribution in [3.05, 3.63) is 29.3 Å². The van der Waals surface area contributed by atoms with E-state index in [2.05, 4.69) is 17.6 Å². The van der Waals surface area contributed by atoms with Gasteiger partial charge in [-0.25, -0.2) is 0 Å². The molecule has 1 unspecified atom stereocenters. The number of nitrogens with one attached hydrogen (secondary N) is 2. The van der Waals surface area contributed by atoms with E-state index in [0.29, 0.717) is 23.8 Å². The Kier molecular flexibility index (Phi) is 6.30. The van der Waals surface area contributed by atoms with E-state index < -0.39 is 0 Å². The van der Waals surface area contributed by atoms with E-state index in [1.807, 2.05) is 30.0 Å². The zero-order chi connectivity index (χ0) is 18.5. The summed E-state index contributed by atoms with van der Waals surface area (Å²) in [6.45, 7) is 7.95. The highest BCUT2D eigenvalue weighted by Gasteiger charge is 2.23. The van der Waals surface area contributed by atoms with Gasteiger partial charge in [-0.2, -0.15) is 0 Å². The quantitative estimate of drug-likeness (QED) is 0.851. The van der Waals surface area contributed by atoms with Crippen molar-refractivity contribution < 1.29 is 9.59 Å². The van der Waals surface area contributed by atoms with Crippen molar-refractivity contribution in [2.75, 3.05) is 31.5 Å². The van der Waals surface area contributed by atoms with Crippen LogP contribution in [0.2, 0.25) is 0 Å². The highest BCUT2D eigenvalue weighted by atomic mass is 16.2. The van der Waals surface area contributed by atoms with E-state index in [1.54, 1.807) is 0 Å². The molecule has 5 heteroatoms. The molecular weight excluding hydrogens is 326 g/mol. The third-order valence-corrected chi connectivity index (χ3v) is 5.84. The van der Waals surface area contributed by atoms with Crippen LogP contribution in [0, 0.1) is 18.8 Å². The predicted octanol–water partition coefficient (Wildman–Crippen LogP) is 3.20. The molecule has 26 heavy (non-hydrogen) atoms. The number of likely N-dealkylation sites (tertiary alicyclic amines) is 1. The van der Waals surface area contributed by atoms with Crippen molar-refractivity contribution in [1.82, 2.24) is 10.2 Å². The molecule has 5 nitrogen and oxygen atoms in total. The van der Waals surface area contributed by atoms with E-state index >= 15 is 0 Å². The summed E-state index contributed by atoms with van der Waals surface area (Å²) in [5.41, 5.74) is 2.47. The number of carbonyl (C=O) groups is 2. The first-order chi connectivity index (χ1) is 12.5. The molecule has 1 aromatic rings. The summed E-state index contributed by atoms with van der Waals surface area (Å²) >= 11 is 0. The van der Waals surface area contributed by atoms with Crippen LogP contribution in [-0.2, 0) is 4.79 Å². The topological polar surface area (TPSA) is 61.4 Å². The lowest BCUT2D eigenvalue weighted by atomic mass is 9.84. The minimum atomic E-state index is 0.0674. The summed E-state index contributed by atoms with van der Waals surface area (Å²) in [6, 6.07) is 5.59. The highest BCUT2D eigenvalue weighted by molar-refractivity contribution is 5.96. The summed E-state index contributed by atoms with van der Waals surface area (Å²) in [7, 11) is 0. The molecule has 0 aromatic heterocycles. The van der Waals surface area contributed by atoms with Gasteiger partial charge in [0.25, 0.3) is 5.91 Å². The molecule has 2 aliphatic rings. The molecule has 0 radical (unpaired) electrons. The standard InChI is InChI=1S/C21H31N3O2/c1-15(17-7-9-22-10-8-17)14-20(25)23-19-6-5-18(13-16(19)2)21(26)24-11-3-4-12-24/h5-6,13,15,17,22H,3-4,7-12,14H2,1-2H3,(H,23,25). The number of anilines is 1. The first-order valence-corrected chi connectivity index (χ1v) is 9.95. The van der Waals surface area contributed by atoms with Crippen LogP contribution in [0.5, 0.6) is 0 Å². The fraction of sp³-hybridized carbons (Fsp3) is 0.619. The number of nitrogens with zero attached hydrogens (tertiary/aromatic N) is 1. The van der Waals surface area contributed by atoms with Crippen LogP contribution in [-0.4, -0.2) is 42.9 Å². The molecule has 2 fully saturated rings. The molecule has 2 heterocycles. The van der Waals surface area contributed by atoms with Crippen LogP contribution in [0.3, 0.4) is 0 Å². The van der Waals surface area contributed by atoms with Gasteiger partial charge in [0.2, 0.25) is 5.91 Å². The molecule has 2 aliphatic heterocycles. The molecule has 0 spiro atoms. The average molecular weight is 357 g/mol. The molecule has 2 amide bonds. The van der Waals surface area contributed by atoms with Crippen molar-refractivity contribution in [3.8, 4) is 0 Å². The monoisotopic (exact) mass is 357 g/mol. The summed E-state index contributed by atoms with van der Waals surface area (Å²) in [5.74, 6) is 1.19. The fourth-order valence-corrected chi connectivity index (χ4v) is 4.11. The smallest absolute Gasteiger partial charge is 0.253 e. The molecule has 3 rings (SSSR count). The summed E-state index contributed by atoms with van der Waals surface area (Å²) in [4.78, 5) is 26.8. The molecule has 1 aromatic carbocycles. The minimum absolute atomic E-state index is 0.0674. The second-order valence-electron chi connectivity index (χ2n) is 7.85. The maximum absolute atomic E-state index is 12.5. The van der Waals surface area contributed by atoms with Gasteiger partial charge in [-0.05, 0) is 81.3 Å². The van der Waals surface area contributed by atoms with Crippen molar-refractivity contribution in [3.63, 3.8) is 0 Å². The first-order valence-electron chi connectivity index (χ1n) is 9.95. The van der Waals surface area contributed by atoms with Gasteiger partial charge in [0.1, 0.15) is 0 Å². The molecule has 1 atom stereocenters. The van der Waals surface area contributed by atoms with E-state index in [-0.39, 0.29) is 11.8 Å². The van der Waals surface area contributed by atoms with Gasteiger partial charge in [-0.15, -0.1) is 0 Å². The Hall–Kier alpha value is -1.88. The largest absolute Gasteiger partial charge is 0.339 e. The minimum Gasteiger partial charge on any atom is -0.339 e. The normalized spacial score (nSPS) is 19.4. The summed E-state index contributed by atoms with van der Waals surface area (Å²) in [5, 5.41) is 6.41. The van der Waals surface area contributed by atoms with Crippen molar-refractivity contribution in [1.29, 1.82) is 0 Å². The van der Waals surface area contributed by atoms with Gasteiger partial charge in [-0.3, -0.25) is 9.59 Å². The number of amides is 2. The Morgan fingerprint density at radius 2 is 1.92 bits per heavy atom. The van der Waals surface area contributed by atoms with Gasteiger partial charge in [0.05, 0.1) is 0 Å². The SMILES string of the molecule is Cc1cc(C(=O)N2CCCC2)ccc1NC(=O)CC(C)C1CCNCC1. The van der Waals surface area contributed by atoms with E-state index in [1.165, 1.54) is 0 Å². The van der Waals surface area contributed by atoms with Gasteiger partial charge >= 0.3 is 0 Å². The van der Waals surface area contributed by atoms with Crippen molar-refractivity contribution in [2.24, 2.45) is 11.8 Å². The fourth-order valence-electron chi connectivity index (χ4n) is 4.11. The number of rotatable bonds is 5. The average Bonchev–Trinajstić information content (AvgIpc) is 3.18. The number of benzene rings is 1. The Morgan fingerprint density at radius 3 is 2.58 bits per heavy atom. The maximum Gasteiger partial charge on any atom is 0.253 e. The second-order valence-corrected chi connectivity index (χ2v) is 7.85. The first kappa shape index (κ1) is 18.9. The molecule has 2 saturated heterocycles. The molecule has 0 aliphatic carbocycles. The number of hydrogen-bond donors (Lipinski definition) is 2. The Balaban J connectivity index is 1.57. The number of piperidine rings is 1. The van der Waals surface area contributed by atoms with Crippen LogP contribution < -0.4 is 10.6 Å². The summed E-state index contributed by atoms with van der Waals surface area (Å²) < 4.78 is 0. The zero-order valence-electron chi connectivity index (χ0n) is 16.0. The second kappa shape index (κ2) is 8.67. The van der Waals surface area contributed by atoms with Crippen LogP contribution in [0.15, 0.2) is 18.2 Å². The van der Waals surface area contributed by atoms with Crippen molar-refractivity contribution >= 4 is 17.5 Å². The van der Waals surface area contributed by atoms with Crippen LogP contribution in [0.25, 0.3) is 0 Å². The number of aryl methyl sites for hydroxylation is 1. The highest BCUT2D eigenvalue weighted by Crippen LogP contribution is 2.25. The van der Waals surface area contributed by atoms with Crippen LogP contribution in [0.4, 0.5) is 5.69 Å².